The summed E-state index contributed by atoms with van der Waals surface area (Å²) in [6.07, 6.45) is 4.05. The van der Waals surface area contributed by atoms with Crippen LogP contribution in [0.2, 0.25) is 0 Å². The van der Waals surface area contributed by atoms with Crippen molar-refractivity contribution in [2.24, 2.45) is 17.4 Å². The van der Waals surface area contributed by atoms with Crippen LogP contribution in [0.1, 0.15) is 45.4 Å². The maximum Gasteiger partial charge on any atom is 0.245 e. The number of carbonyl (C=O) groups is 4. The molecule has 3 atom stereocenters. The van der Waals surface area contributed by atoms with E-state index in [1.54, 1.807) is 0 Å². The molecular weight excluding hydrogens is 354 g/mol. The number of hydrogen-bond donors (Lipinski definition) is 6. The van der Waals surface area contributed by atoms with Gasteiger partial charge >= 0.3 is 0 Å². The van der Waals surface area contributed by atoms with Crippen LogP contribution in [0.25, 0.3) is 0 Å². The molecule has 1 saturated carbocycles. The van der Waals surface area contributed by atoms with Crippen LogP contribution in [0, 0.1) is 5.92 Å². The van der Waals surface area contributed by atoms with Gasteiger partial charge < -0.3 is 32.5 Å². The summed E-state index contributed by atoms with van der Waals surface area (Å²) in [4.78, 5) is 47.6. The molecule has 0 bridgehead atoms. The zero-order chi connectivity index (χ0) is 20.4. The molecule has 10 nitrogen and oxygen atoms in total. The highest BCUT2D eigenvalue weighted by Gasteiger charge is 2.32. The largest absolute Gasteiger partial charge is 0.394 e. The summed E-state index contributed by atoms with van der Waals surface area (Å²) in [5, 5.41) is 16.7. The van der Waals surface area contributed by atoms with Gasteiger partial charge in [0.1, 0.15) is 18.1 Å². The van der Waals surface area contributed by atoms with Gasteiger partial charge in [-0.3, -0.25) is 19.2 Å². The van der Waals surface area contributed by atoms with E-state index >= 15 is 0 Å². The Balaban J connectivity index is 2.74. The lowest BCUT2D eigenvalue weighted by Crippen LogP contribution is -2.57. The molecule has 1 rings (SSSR count). The second-order valence-corrected chi connectivity index (χ2v) is 6.92. The number of nitrogens with one attached hydrogen (secondary N) is 3. The summed E-state index contributed by atoms with van der Waals surface area (Å²) in [5.74, 6) is -1.92. The molecule has 0 spiro atoms. The zero-order valence-corrected chi connectivity index (χ0v) is 15.7. The van der Waals surface area contributed by atoms with Crippen LogP contribution in [0.4, 0.5) is 0 Å². The molecular formula is C17H31N5O5. The molecule has 10 heteroatoms. The lowest BCUT2D eigenvalue weighted by Gasteiger charge is -2.24. The van der Waals surface area contributed by atoms with Gasteiger partial charge in [-0.05, 0) is 38.1 Å². The minimum atomic E-state index is -1.16. The first kappa shape index (κ1) is 22.8. The molecule has 0 aliphatic heterocycles. The van der Waals surface area contributed by atoms with Gasteiger partial charge in [-0.2, -0.15) is 0 Å². The van der Waals surface area contributed by atoms with Gasteiger partial charge in [0.2, 0.25) is 23.6 Å². The summed E-state index contributed by atoms with van der Waals surface area (Å²) < 4.78 is 0. The fraction of sp³-hybridized carbons (Fsp3) is 0.765. The Morgan fingerprint density at radius 3 is 2.07 bits per heavy atom. The molecule has 0 saturated heterocycles. The summed E-state index contributed by atoms with van der Waals surface area (Å²) in [6.45, 7) is 1.06. The van der Waals surface area contributed by atoms with E-state index in [-0.39, 0.29) is 0 Å². The number of unbranched alkanes of at least 4 members (excludes halogenated alkanes) is 1. The quantitative estimate of drug-likeness (QED) is 0.197. The molecule has 27 heavy (non-hydrogen) atoms. The van der Waals surface area contributed by atoms with E-state index in [1.165, 1.54) is 6.92 Å². The molecule has 4 amide bonds. The van der Waals surface area contributed by atoms with Crippen molar-refractivity contribution in [2.45, 2.75) is 63.6 Å². The number of rotatable bonds is 13. The van der Waals surface area contributed by atoms with E-state index in [9.17, 15) is 24.3 Å². The minimum absolute atomic E-state index is 0.307. The molecule has 1 fully saturated rings. The minimum Gasteiger partial charge on any atom is -0.394 e. The Bertz CT molecular complexity index is 538. The lowest BCUT2D eigenvalue weighted by molar-refractivity contribution is -0.133. The first-order valence-corrected chi connectivity index (χ1v) is 9.26. The monoisotopic (exact) mass is 385 g/mol. The van der Waals surface area contributed by atoms with E-state index < -0.39 is 48.4 Å². The van der Waals surface area contributed by atoms with Crippen molar-refractivity contribution in [3.05, 3.63) is 0 Å². The van der Waals surface area contributed by atoms with Crippen molar-refractivity contribution >= 4 is 23.6 Å². The Morgan fingerprint density at radius 1 is 1.00 bits per heavy atom. The number of primary amides is 1. The van der Waals surface area contributed by atoms with Crippen LogP contribution in [-0.4, -0.2) is 60.0 Å². The van der Waals surface area contributed by atoms with E-state index in [2.05, 4.69) is 16.0 Å². The second kappa shape index (κ2) is 11.5. The number of hydrogen-bond acceptors (Lipinski definition) is 6. The van der Waals surface area contributed by atoms with E-state index in [0.29, 0.717) is 38.1 Å². The highest BCUT2D eigenvalue weighted by atomic mass is 16.3. The number of aliphatic hydroxyl groups excluding tert-OH is 1. The van der Waals surface area contributed by atoms with Crippen LogP contribution < -0.4 is 27.4 Å². The van der Waals surface area contributed by atoms with Crippen molar-refractivity contribution < 1.29 is 24.3 Å². The highest BCUT2D eigenvalue weighted by Crippen LogP contribution is 2.33. The van der Waals surface area contributed by atoms with Gasteiger partial charge in [0.15, 0.2) is 0 Å². The topological polar surface area (TPSA) is 177 Å². The Kier molecular flexibility index (Phi) is 9.73. The van der Waals surface area contributed by atoms with Gasteiger partial charge in [0.25, 0.3) is 0 Å². The summed E-state index contributed by atoms with van der Waals surface area (Å²) in [7, 11) is 0. The molecule has 0 heterocycles. The van der Waals surface area contributed by atoms with Crippen LogP contribution in [-0.2, 0) is 19.2 Å². The van der Waals surface area contributed by atoms with Crippen molar-refractivity contribution in [3.63, 3.8) is 0 Å². The highest BCUT2D eigenvalue weighted by molar-refractivity contribution is 5.93. The van der Waals surface area contributed by atoms with E-state index in [4.69, 9.17) is 11.5 Å². The van der Waals surface area contributed by atoms with Gasteiger partial charge in [0, 0.05) is 6.92 Å². The molecule has 0 aromatic rings. The van der Waals surface area contributed by atoms with Gasteiger partial charge in [-0.1, -0.05) is 12.8 Å². The standard InChI is InChI=1S/C17H31N5O5/c1-10(24)20-14(9-23)17(27)21-12(4-2-3-7-18)16(26)22-13(15(19)25)8-11-5-6-11/h11-14,23H,2-9,18H2,1H3,(H2,19,25)(H,20,24)(H,21,27)(H,22,26)/t12-,13+,14+/m0/s1. The second-order valence-electron chi connectivity index (χ2n) is 6.92. The number of amides is 4. The Morgan fingerprint density at radius 2 is 1.59 bits per heavy atom. The maximum atomic E-state index is 12.6. The predicted molar refractivity (Wildman–Crippen MR) is 98.0 cm³/mol. The smallest absolute Gasteiger partial charge is 0.245 e. The van der Waals surface area contributed by atoms with Gasteiger partial charge in [-0.15, -0.1) is 0 Å². The van der Waals surface area contributed by atoms with E-state index in [0.717, 1.165) is 12.8 Å². The molecule has 1 aliphatic rings. The SMILES string of the molecule is CC(=O)N[C@H](CO)C(=O)N[C@@H](CCCCN)C(=O)N[C@H](CC1CC1)C(N)=O. The molecule has 0 aromatic carbocycles. The van der Waals surface area contributed by atoms with Crippen LogP contribution in [0.3, 0.4) is 0 Å². The summed E-state index contributed by atoms with van der Waals surface area (Å²) in [6, 6.07) is -2.87. The molecule has 8 N–H and O–H groups in total. The third kappa shape index (κ3) is 8.83. The average molecular weight is 385 g/mol. The predicted octanol–water partition coefficient (Wildman–Crippen LogP) is -2.13. The molecule has 0 unspecified atom stereocenters. The molecule has 1 aliphatic carbocycles. The normalized spacial score (nSPS) is 16.7. The molecule has 154 valence electrons. The first-order valence-electron chi connectivity index (χ1n) is 9.26. The van der Waals surface area contributed by atoms with Crippen molar-refractivity contribution in [2.75, 3.05) is 13.2 Å². The summed E-state index contributed by atoms with van der Waals surface area (Å²) >= 11 is 0. The van der Waals surface area contributed by atoms with Gasteiger partial charge in [0.05, 0.1) is 6.61 Å². The van der Waals surface area contributed by atoms with Crippen molar-refractivity contribution in [3.8, 4) is 0 Å². The van der Waals surface area contributed by atoms with Crippen LogP contribution in [0.5, 0.6) is 0 Å². The van der Waals surface area contributed by atoms with Gasteiger partial charge in [-0.25, -0.2) is 0 Å². The third-order valence-electron chi connectivity index (χ3n) is 4.38. The average Bonchev–Trinajstić information content (AvgIpc) is 3.41. The maximum absolute atomic E-state index is 12.6. The number of carbonyl (C=O) groups excluding carboxylic acids is 4. The summed E-state index contributed by atoms with van der Waals surface area (Å²) in [5.41, 5.74) is 10.8. The Labute approximate surface area is 158 Å². The molecule has 0 radical (unpaired) electrons. The van der Waals surface area contributed by atoms with E-state index in [1.807, 2.05) is 0 Å². The van der Waals surface area contributed by atoms with Crippen LogP contribution >= 0.6 is 0 Å². The lowest BCUT2D eigenvalue weighted by atomic mass is 10.1. The van der Waals surface area contributed by atoms with Crippen molar-refractivity contribution in [1.29, 1.82) is 0 Å². The van der Waals surface area contributed by atoms with Crippen LogP contribution in [0.15, 0.2) is 0 Å². The fourth-order valence-electron chi connectivity index (χ4n) is 2.68. The zero-order valence-electron chi connectivity index (χ0n) is 15.7. The Hall–Kier alpha value is -2.20. The third-order valence-corrected chi connectivity index (χ3v) is 4.38. The van der Waals surface area contributed by atoms with Crippen molar-refractivity contribution in [1.82, 2.24) is 16.0 Å². The fourth-order valence-corrected chi connectivity index (χ4v) is 2.68. The molecule has 0 aromatic heterocycles. The first-order chi connectivity index (χ1) is 12.8. The number of aliphatic hydroxyl groups is 1. The number of nitrogens with two attached hydrogens (primary N) is 2.